The predicted octanol–water partition coefficient (Wildman–Crippen LogP) is 3.55. The molecular formula is C17H18ClF3N4O3. The third-order valence-corrected chi connectivity index (χ3v) is 4.20. The summed E-state index contributed by atoms with van der Waals surface area (Å²) < 4.78 is 43.6. The highest BCUT2D eigenvalue weighted by Crippen LogP contribution is 2.36. The number of aromatic nitrogens is 1. The van der Waals surface area contributed by atoms with Crippen LogP contribution in [0.4, 0.5) is 24.7 Å². The van der Waals surface area contributed by atoms with Crippen LogP contribution in [0.2, 0.25) is 5.02 Å². The van der Waals surface area contributed by atoms with Crippen LogP contribution in [0.3, 0.4) is 0 Å². The van der Waals surface area contributed by atoms with E-state index >= 15 is 0 Å². The fraction of sp³-hybridized carbons (Fsp3) is 0.353. The number of benzene rings is 1. The first-order valence-corrected chi connectivity index (χ1v) is 8.46. The Labute approximate surface area is 163 Å². The Morgan fingerprint density at radius 2 is 1.96 bits per heavy atom. The average Bonchev–Trinajstić information content (AvgIpc) is 2.99. The third kappa shape index (κ3) is 5.70. The maximum Gasteiger partial charge on any atom is 0.417 e. The second-order valence-electron chi connectivity index (χ2n) is 6.14. The number of nitrogens with one attached hydrogen (secondary N) is 2. The van der Waals surface area contributed by atoms with E-state index in [2.05, 4.69) is 15.8 Å². The summed E-state index contributed by atoms with van der Waals surface area (Å²) in [5, 5.41) is 8.06. The van der Waals surface area contributed by atoms with Gasteiger partial charge in [0.05, 0.1) is 23.2 Å². The minimum Gasteiger partial charge on any atom is -0.360 e. The molecule has 7 nitrogen and oxygen atoms in total. The van der Waals surface area contributed by atoms with E-state index in [1.54, 1.807) is 6.92 Å². The van der Waals surface area contributed by atoms with Gasteiger partial charge in [0.2, 0.25) is 11.8 Å². The van der Waals surface area contributed by atoms with Crippen molar-refractivity contribution in [1.82, 2.24) is 10.1 Å². The van der Waals surface area contributed by atoms with E-state index in [1.165, 1.54) is 31.0 Å². The second kappa shape index (κ2) is 8.61. The van der Waals surface area contributed by atoms with Crippen LogP contribution in [0, 0.1) is 6.92 Å². The van der Waals surface area contributed by atoms with Crippen molar-refractivity contribution >= 4 is 34.9 Å². The summed E-state index contributed by atoms with van der Waals surface area (Å²) in [6.45, 7) is 3.04. The normalized spacial score (nSPS) is 12.7. The van der Waals surface area contributed by atoms with Crippen LogP contribution < -0.4 is 10.6 Å². The highest BCUT2D eigenvalue weighted by Gasteiger charge is 2.33. The molecule has 0 aliphatic rings. The minimum atomic E-state index is -4.64. The molecule has 1 atom stereocenters. The summed E-state index contributed by atoms with van der Waals surface area (Å²) in [5.74, 6) is -0.240. The molecule has 0 aliphatic heterocycles. The largest absolute Gasteiger partial charge is 0.417 e. The summed E-state index contributed by atoms with van der Waals surface area (Å²) in [4.78, 5) is 25.7. The van der Waals surface area contributed by atoms with Crippen LogP contribution in [0.15, 0.2) is 28.8 Å². The van der Waals surface area contributed by atoms with Crippen LogP contribution in [0.1, 0.15) is 18.2 Å². The molecule has 152 valence electrons. The highest BCUT2D eigenvalue weighted by atomic mass is 35.5. The van der Waals surface area contributed by atoms with Gasteiger partial charge in [-0.15, -0.1) is 0 Å². The molecule has 2 aromatic rings. The van der Waals surface area contributed by atoms with Crippen molar-refractivity contribution in [3.05, 3.63) is 40.6 Å². The van der Waals surface area contributed by atoms with E-state index in [-0.39, 0.29) is 18.1 Å². The van der Waals surface area contributed by atoms with Gasteiger partial charge in [0.1, 0.15) is 5.76 Å². The zero-order chi connectivity index (χ0) is 21.1. The Bertz CT molecular complexity index is 870. The molecule has 1 aromatic heterocycles. The number of hydrogen-bond donors (Lipinski definition) is 2. The monoisotopic (exact) mass is 418 g/mol. The van der Waals surface area contributed by atoms with Crippen molar-refractivity contribution < 1.29 is 27.3 Å². The van der Waals surface area contributed by atoms with Gasteiger partial charge in [0.15, 0.2) is 5.82 Å². The van der Waals surface area contributed by atoms with Gasteiger partial charge < -0.3 is 15.2 Å². The minimum absolute atomic E-state index is 0.0514. The summed E-state index contributed by atoms with van der Waals surface area (Å²) in [6, 6.07) is 3.82. The third-order valence-electron chi connectivity index (χ3n) is 3.87. The Balaban J connectivity index is 1.97. The van der Waals surface area contributed by atoms with Crippen LogP contribution in [0.25, 0.3) is 0 Å². The van der Waals surface area contributed by atoms with E-state index < -0.39 is 34.6 Å². The van der Waals surface area contributed by atoms with Crippen LogP contribution >= 0.6 is 11.6 Å². The molecule has 0 fully saturated rings. The van der Waals surface area contributed by atoms with Crippen molar-refractivity contribution in [2.45, 2.75) is 26.1 Å². The summed E-state index contributed by atoms with van der Waals surface area (Å²) in [7, 11) is 1.53. The molecular weight excluding hydrogens is 401 g/mol. The van der Waals surface area contributed by atoms with Gasteiger partial charge in [-0.05, 0) is 39.1 Å². The summed E-state index contributed by atoms with van der Waals surface area (Å²) >= 11 is 5.56. The number of nitrogens with zero attached hydrogens (tertiary/aromatic N) is 2. The molecule has 2 amide bonds. The van der Waals surface area contributed by atoms with Gasteiger partial charge >= 0.3 is 6.18 Å². The smallest absolute Gasteiger partial charge is 0.360 e. The van der Waals surface area contributed by atoms with Crippen molar-refractivity contribution in [3.8, 4) is 0 Å². The lowest BCUT2D eigenvalue weighted by atomic mass is 10.2. The molecule has 2 rings (SSSR count). The fourth-order valence-electron chi connectivity index (χ4n) is 2.24. The average molecular weight is 419 g/mol. The number of aryl methyl sites for hydroxylation is 1. The lowest BCUT2D eigenvalue weighted by Gasteiger charge is -2.23. The topological polar surface area (TPSA) is 87.5 Å². The molecule has 0 spiro atoms. The number of hydrogen-bond acceptors (Lipinski definition) is 5. The van der Waals surface area contributed by atoms with Gasteiger partial charge in [-0.2, -0.15) is 13.2 Å². The van der Waals surface area contributed by atoms with Crippen molar-refractivity contribution in [1.29, 1.82) is 0 Å². The summed E-state index contributed by atoms with van der Waals surface area (Å²) in [5.41, 5.74) is -1.10. The predicted molar refractivity (Wildman–Crippen MR) is 97.0 cm³/mol. The molecule has 1 aromatic carbocycles. The van der Waals surface area contributed by atoms with E-state index in [1.807, 2.05) is 0 Å². The molecule has 28 heavy (non-hydrogen) atoms. The van der Waals surface area contributed by atoms with E-state index in [0.717, 1.165) is 12.1 Å². The Morgan fingerprint density at radius 1 is 1.29 bits per heavy atom. The Kier molecular flexibility index (Phi) is 6.68. The van der Waals surface area contributed by atoms with Crippen molar-refractivity contribution in [2.24, 2.45) is 0 Å². The van der Waals surface area contributed by atoms with Gasteiger partial charge in [0.25, 0.3) is 0 Å². The molecule has 2 N–H and O–H groups in total. The number of likely N-dealkylation sites (N-methyl/N-ethyl adjacent to an activating group) is 1. The molecule has 0 radical (unpaired) electrons. The number of rotatable bonds is 6. The second-order valence-corrected chi connectivity index (χ2v) is 6.55. The molecule has 0 bridgehead atoms. The standard InChI is InChI=1S/C17H18ClF3N4O3/c1-9-6-14(24-28-9)23-15(26)8-25(3)10(2)16(27)22-11-4-5-13(18)12(7-11)17(19,20)21/h4-7,10H,8H2,1-3H3,(H,22,27)(H,23,24,26). The van der Waals surface area contributed by atoms with Crippen molar-refractivity contribution in [3.63, 3.8) is 0 Å². The number of amides is 2. The number of anilines is 2. The first-order valence-electron chi connectivity index (χ1n) is 8.08. The van der Waals surface area contributed by atoms with Crippen molar-refractivity contribution in [2.75, 3.05) is 24.2 Å². The van der Waals surface area contributed by atoms with E-state index in [0.29, 0.717) is 5.76 Å². The Hall–Kier alpha value is -2.59. The number of halogens is 4. The van der Waals surface area contributed by atoms with E-state index in [9.17, 15) is 22.8 Å². The van der Waals surface area contributed by atoms with Crippen LogP contribution in [-0.4, -0.2) is 41.5 Å². The molecule has 1 heterocycles. The van der Waals surface area contributed by atoms with Gasteiger partial charge in [0, 0.05) is 11.8 Å². The Morgan fingerprint density at radius 3 is 2.54 bits per heavy atom. The fourth-order valence-corrected chi connectivity index (χ4v) is 2.46. The van der Waals surface area contributed by atoms with Gasteiger partial charge in [-0.25, -0.2) is 0 Å². The maximum absolute atomic E-state index is 12.9. The quantitative estimate of drug-likeness (QED) is 0.749. The maximum atomic E-state index is 12.9. The molecule has 0 aliphatic carbocycles. The lowest BCUT2D eigenvalue weighted by molar-refractivity contribution is -0.137. The molecule has 0 saturated heterocycles. The summed E-state index contributed by atoms with van der Waals surface area (Å²) in [6.07, 6.45) is -4.64. The zero-order valence-electron chi connectivity index (χ0n) is 15.2. The van der Waals surface area contributed by atoms with E-state index in [4.69, 9.17) is 16.1 Å². The number of carbonyl (C=O) groups is 2. The number of carbonyl (C=O) groups excluding carboxylic acids is 2. The van der Waals surface area contributed by atoms with Gasteiger partial charge in [-0.3, -0.25) is 14.5 Å². The highest BCUT2D eigenvalue weighted by molar-refractivity contribution is 6.31. The number of alkyl halides is 3. The lowest BCUT2D eigenvalue weighted by Crippen LogP contribution is -2.43. The van der Waals surface area contributed by atoms with Crippen LogP contribution in [0.5, 0.6) is 0 Å². The molecule has 0 saturated carbocycles. The zero-order valence-corrected chi connectivity index (χ0v) is 16.0. The SMILES string of the molecule is Cc1cc(NC(=O)CN(C)C(C)C(=O)Nc2ccc(Cl)c(C(F)(F)F)c2)no1. The first kappa shape index (κ1) is 21.7. The molecule has 11 heteroatoms. The first-order chi connectivity index (χ1) is 13.0. The van der Waals surface area contributed by atoms with Gasteiger partial charge in [-0.1, -0.05) is 16.8 Å². The molecule has 1 unspecified atom stereocenters. The van der Waals surface area contributed by atoms with Crippen LogP contribution in [-0.2, 0) is 15.8 Å².